The Balaban J connectivity index is 2.05. The minimum absolute atomic E-state index is 0.215. The van der Waals surface area contributed by atoms with E-state index in [-0.39, 0.29) is 4.90 Å². The fraction of sp³-hybridized carbons (Fsp3) is 0.316. The molecule has 0 aliphatic heterocycles. The van der Waals surface area contributed by atoms with Crippen LogP contribution in [0.2, 0.25) is 0 Å². The van der Waals surface area contributed by atoms with E-state index in [1.54, 1.807) is 48.8 Å². The number of benzene rings is 1. The molecule has 0 bridgehead atoms. The Bertz CT molecular complexity index is 1010. The predicted molar refractivity (Wildman–Crippen MR) is 103 cm³/mol. The molecule has 0 radical (unpaired) electrons. The first kappa shape index (κ1) is 18.3. The van der Waals surface area contributed by atoms with E-state index in [0.717, 1.165) is 0 Å². The van der Waals surface area contributed by atoms with Gasteiger partial charge in [-0.1, -0.05) is 26.0 Å². The zero-order chi connectivity index (χ0) is 18.7. The summed E-state index contributed by atoms with van der Waals surface area (Å²) in [5, 5.41) is 0.606. The first-order chi connectivity index (χ1) is 12.4. The quantitative estimate of drug-likeness (QED) is 0.682. The van der Waals surface area contributed by atoms with Crippen LogP contribution in [-0.2, 0) is 16.6 Å². The summed E-state index contributed by atoms with van der Waals surface area (Å²) in [6, 6.07) is 10.5. The summed E-state index contributed by atoms with van der Waals surface area (Å²) < 4.78 is 36.2. The van der Waals surface area contributed by atoms with Crippen LogP contribution in [0.1, 0.15) is 20.8 Å². The van der Waals surface area contributed by atoms with Gasteiger partial charge in [0.15, 0.2) is 0 Å². The second-order valence-electron chi connectivity index (χ2n) is 6.45. The lowest BCUT2D eigenvalue weighted by Crippen LogP contribution is -2.14. The van der Waals surface area contributed by atoms with E-state index < -0.39 is 10.0 Å². The number of para-hydroxylation sites is 2. The molecule has 0 unspecified atom stereocenters. The summed E-state index contributed by atoms with van der Waals surface area (Å²) >= 11 is 0. The Morgan fingerprint density at radius 3 is 2.69 bits per heavy atom. The molecule has 0 aliphatic rings. The summed E-state index contributed by atoms with van der Waals surface area (Å²) in [6.45, 7) is 7.17. The molecule has 0 spiro atoms. The lowest BCUT2D eigenvalue weighted by Gasteiger charge is -2.12. The zero-order valence-corrected chi connectivity index (χ0v) is 16.0. The Kier molecular flexibility index (Phi) is 5.18. The first-order valence-electron chi connectivity index (χ1n) is 8.61. The van der Waals surface area contributed by atoms with Gasteiger partial charge in [0.05, 0.1) is 12.3 Å². The highest BCUT2D eigenvalue weighted by Crippen LogP contribution is 2.30. The highest BCUT2D eigenvalue weighted by molar-refractivity contribution is 7.93. The number of rotatable bonds is 7. The van der Waals surface area contributed by atoms with E-state index in [0.29, 0.717) is 41.5 Å². The number of aromatic nitrogens is 2. The summed E-state index contributed by atoms with van der Waals surface area (Å²) in [6.07, 6.45) is 3.33. The Morgan fingerprint density at radius 1 is 1.19 bits per heavy atom. The van der Waals surface area contributed by atoms with E-state index in [1.807, 2.05) is 11.5 Å². The maximum atomic E-state index is 13.1. The smallest absolute Gasteiger partial charge is 0.264 e. The van der Waals surface area contributed by atoms with E-state index in [1.165, 1.54) is 0 Å². The number of nitrogens with one attached hydrogen (secondary N) is 1. The van der Waals surface area contributed by atoms with Crippen molar-refractivity contribution in [3.05, 3.63) is 48.8 Å². The van der Waals surface area contributed by atoms with Gasteiger partial charge < -0.3 is 9.30 Å². The third-order valence-electron chi connectivity index (χ3n) is 3.88. The molecule has 1 N–H and O–H groups in total. The predicted octanol–water partition coefficient (Wildman–Crippen LogP) is 3.89. The second-order valence-corrected chi connectivity index (χ2v) is 8.10. The van der Waals surface area contributed by atoms with Crippen molar-refractivity contribution in [2.45, 2.75) is 32.2 Å². The number of sulfonamides is 1. The average molecular weight is 373 g/mol. The van der Waals surface area contributed by atoms with E-state index >= 15 is 0 Å². The van der Waals surface area contributed by atoms with Crippen molar-refractivity contribution in [1.29, 1.82) is 0 Å². The summed E-state index contributed by atoms with van der Waals surface area (Å²) in [7, 11) is -3.79. The average Bonchev–Trinajstić information content (AvgIpc) is 2.96. The van der Waals surface area contributed by atoms with Crippen LogP contribution in [0, 0.1) is 5.92 Å². The molecule has 0 atom stereocenters. The molecule has 6 nitrogen and oxygen atoms in total. The number of ether oxygens (including phenoxy) is 1. The molecule has 138 valence electrons. The third-order valence-corrected chi connectivity index (χ3v) is 5.27. The lowest BCUT2D eigenvalue weighted by molar-refractivity contribution is 0.342. The largest absolute Gasteiger partial charge is 0.492 e. The van der Waals surface area contributed by atoms with Crippen LogP contribution in [0.5, 0.6) is 5.75 Å². The minimum Gasteiger partial charge on any atom is -0.492 e. The molecule has 0 saturated heterocycles. The van der Waals surface area contributed by atoms with Gasteiger partial charge in [-0.15, -0.1) is 0 Å². The summed E-state index contributed by atoms with van der Waals surface area (Å²) in [4.78, 5) is 4.58. The molecule has 3 aromatic rings. The number of fused-ring (bicyclic) bond motifs is 1. The fourth-order valence-electron chi connectivity index (χ4n) is 2.87. The molecular formula is C19H23N3O3S. The molecule has 0 amide bonds. The van der Waals surface area contributed by atoms with E-state index in [4.69, 9.17) is 4.74 Å². The number of hydrogen-bond donors (Lipinski definition) is 1. The van der Waals surface area contributed by atoms with Gasteiger partial charge in [-0.25, -0.2) is 13.4 Å². The maximum absolute atomic E-state index is 13.1. The molecule has 7 heteroatoms. The van der Waals surface area contributed by atoms with Crippen LogP contribution in [-0.4, -0.2) is 24.6 Å². The highest BCUT2D eigenvalue weighted by atomic mass is 32.2. The van der Waals surface area contributed by atoms with E-state index in [9.17, 15) is 8.42 Å². The van der Waals surface area contributed by atoms with Gasteiger partial charge in [-0.2, -0.15) is 0 Å². The first-order valence-corrected chi connectivity index (χ1v) is 10.1. The van der Waals surface area contributed by atoms with Gasteiger partial charge in [0, 0.05) is 24.3 Å². The van der Waals surface area contributed by atoms with Crippen LogP contribution in [0.15, 0.2) is 53.7 Å². The molecule has 26 heavy (non-hydrogen) atoms. The molecular weight excluding hydrogens is 350 g/mol. The van der Waals surface area contributed by atoms with Gasteiger partial charge in [0.1, 0.15) is 16.3 Å². The Hall–Kier alpha value is -2.54. The second kappa shape index (κ2) is 7.37. The van der Waals surface area contributed by atoms with Crippen molar-refractivity contribution in [2.24, 2.45) is 5.92 Å². The maximum Gasteiger partial charge on any atom is 0.264 e. The number of hydrogen-bond acceptors (Lipinski definition) is 4. The Morgan fingerprint density at radius 2 is 1.96 bits per heavy atom. The van der Waals surface area contributed by atoms with Crippen molar-refractivity contribution in [2.75, 3.05) is 11.3 Å². The molecule has 0 saturated carbocycles. The van der Waals surface area contributed by atoms with Gasteiger partial charge in [0.2, 0.25) is 0 Å². The fourth-order valence-corrected chi connectivity index (χ4v) is 4.15. The van der Waals surface area contributed by atoms with Crippen LogP contribution in [0.25, 0.3) is 11.0 Å². The number of anilines is 1. The number of pyridine rings is 1. The lowest BCUT2D eigenvalue weighted by atomic mass is 10.2. The molecule has 0 aliphatic carbocycles. The highest BCUT2D eigenvalue weighted by Gasteiger charge is 2.23. The van der Waals surface area contributed by atoms with Gasteiger partial charge in [0.25, 0.3) is 10.0 Å². The SMILES string of the molecule is CCOc1ccccc1NS(=O)(=O)c1cn(CC(C)C)c2ncccc12. The normalized spacial score (nSPS) is 11.8. The summed E-state index contributed by atoms with van der Waals surface area (Å²) in [5.74, 6) is 0.873. The van der Waals surface area contributed by atoms with Crippen LogP contribution in [0.4, 0.5) is 5.69 Å². The molecule has 1 aromatic carbocycles. The molecule has 2 aromatic heterocycles. The zero-order valence-electron chi connectivity index (χ0n) is 15.1. The van der Waals surface area contributed by atoms with Crippen molar-refractivity contribution in [1.82, 2.24) is 9.55 Å². The van der Waals surface area contributed by atoms with Crippen LogP contribution >= 0.6 is 0 Å². The summed E-state index contributed by atoms with van der Waals surface area (Å²) in [5.41, 5.74) is 1.09. The topological polar surface area (TPSA) is 73.2 Å². The van der Waals surface area contributed by atoms with E-state index in [2.05, 4.69) is 23.6 Å². The van der Waals surface area contributed by atoms with Crippen molar-refractivity contribution < 1.29 is 13.2 Å². The third kappa shape index (κ3) is 3.67. The van der Waals surface area contributed by atoms with Gasteiger partial charge in [-0.05, 0) is 37.1 Å². The molecule has 2 heterocycles. The van der Waals surface area contributed by atoms with Gasteiger partial charge >= 0.3 is 0 Å². The Labute approximate surface area is 153 Å². The van der Waals surface area contributed by atoms with Crippen molar-refractivity contribution >= 4 is 26.7 Å². The minimum atomic E-state index is -3.79. The van der Waals surface area contributed by atoms with Crippen molar-refractivity contribution in [3.8, 4) is 5.75 Å². The standard InChI is InChI=1S/C19H23N3O3S/c1-4-25-17-10-6-5-9-16(17)21-26(23,24)18-13-22(12-14(2)3)19-15(18)8-7-11-20-19/h5-11,13-14,21H,4,12H2,1-3H3. The van der Waals surface area contributed by atoms with Crippen LogP contribution < -0.4 is 9.46 Å². The van der Waals surface area contributed by atoms with Crippen molar-refractivity contribution in [3.63, 3.8) is 0 Å². The van der Waals surface area contributed by atoms with Gasteiger partial charge in [-0.3, -0.25) is 4.72 Å². The molecule has 0 fully saturated rings. The monoisotopic (exact) mass is 373 g/mol. The molecule has 3 rings (SSSR count). The number of nitrogens with zero attached hydrogens (tertiary/aromatic N) is 2. The van der Waals surface area contributed by atoms with Crippen LogP contribution in [0.3, 0.4) is 0 Å².